The summed E-state index contributed by atoms with van der Waals surface area (Å²) in [5.74, 6) is 0.872. The van der Waals surface area contributed by atoms with E-state index in [-0.39, 0.29) is 21.7 Å². The van der Waals surface area contributed by atoms with E-state index in [2.05, 4.69) is 112 Å². The molecule has 0 radical (unpaired) electrons. The first-order valence-electron chi connectivity index (χ1n) is 13.6. The van der Waals surface area contributed by atoms with Crippen LogP contribution in [-0.2, 0) is 26.2 Å². The lowest BCUT2D eigenvalue weighted by molar-refractivity contribution is 0.289. The Bertz CT molecular complexity index is 1250. The minimum Gasteiger partial charge on any atom is -0.394 e. The van der Waals surface area contributed by atoms with Crippen molar-refractivity contribution in [3.8, 4) is 22.6 Å². The molecule has 0 unspecified atom stereocenters. The third-order valence-corrected chi connectivity index (χ3v) is 7.62. The molecule has 1 aliphatic heterocycles. The van der Waals surface area contributed by atoms with E-state index in [1.54, 1.807) is 12.4 Å². The Morgan fingerprint density at radius 1 is 0.590 bits per heavy atom. The molecule has 1 N–H and O–H groups in total. The van der Waals surface area contributed by atoms with Crippen molar-refractivity contribution in [1.29, 1.82) is 0 Å². The van der Waals surface area contributed by atoms with Crippen molar-refractivity contribution in [1.82, 2.24) is 4.98 Å². The standard InChI is InChI=1S/C28H41O4P.C5H5N/c1-25(2,3)17-13-19-20-14-18(26(4,5)6)16-22(28(10,11)12)24(20)32-33(29,30)31-23(19)21(15-17)27(7,8)9;1-2-4-6-5-3-1/h13-16H,1-12H3,(H,29,30);1-5H. The zero-order valence-corrected chi connectivity index (χ0v) is 26.7. The van der Waals surface area contributed by atoms with Crippen molar-refractivity contribution in [3.63, 3.8) is 0 Å². The minimum atomic E-state index is -4.40. The van der Waals surface area contributed by atoms with Crippen LogP contribution in [0.1, 0.15) is 105 Å². The highest BCUT2D eigenvalue weighted by molar-refractivity contribution is 7.48. The van der Waals surface area contributed by atoms with E-state index >= 15 is 0 Å². The number of phosphoric acid groups is 1. The number of fused-ring (bicyclic) bond motifs is 3. The molecule has 2 aromatic carbocycles. The monoisotopic (exact) mass is 551 g/mol. The predicted octanol–water partition coefficient (Wildman–Crippen LogP) is 9.50. The number of rotatable bonds is 0. The summed E-state index contributed by atoms with van der Waals surface area (Å²) >= 11 is 0. The predicted molar refractivity (Wildman–Crippen MR) is 162 cm³/mol. The van der Waals surface area contributed by atoms with Crippen molar-refractivity contribution in [2.24, 2.45) is 0 Å². The molecule has 2 heterocycles. The van der Waals surface area contributed by atoms with Gasteiger partial charge in [0.05, 0.1) is 0 Å². The summed E-state index contributed by atoms with van der Waals surface area (Å²) in [6, 6.07) is 14.2. The molecule has 212 valence electrons. The Kier molecular flexibility index (Phi) is 8.25. The average Bonchev–Trinajstić information content (AvgIpc) is 2.89. The highest BCUT2D eigenvalue weighted by Gasteiger charge is 2.40. The molecule has 0 amide bonds. The fraction of sp³-hybridized carbons (Fsp3) is 0.485. The van der Waals surface area contributed by atoms with E-state index in [9.17, 15) is 9.46 Å². The number of hydrogen-bond donors (Lipinski definition) is 1. The van der Waals surface area contributed by atoms with Crippen LogP contribution in [0.4, 0.5) is 0 Å². The normalized spacial score (nSPS) is 15.0. The summed E-state index contributed by atoms with van der Waals surface area (Å²) in [5.41, 5.74) is 4.89. The number of benzene rings is 2. The number of phosphoric ester groups is 1. The summed E-state index contributed by atoms with van der Waals surface area (Å²) < 4.78 is 24.9. The molecule has 0 fully saturated rings. The molecule has 0 spiro atoms. The van der Waals surface area contributed by atoms with Gasteiger partial charge >= 0.3 is 7.82 Å². The van der Waals surface area contributed by atoms with Gasteiger partial charge in [-0.1, -0.05) is 101 Å². The maximum absolute atomic E-state index is 13.2. The fourth-order valence-electron chi connectivity index (χ4n) is 4.40. The molecule has 0 saturated heterocycles. The number of hydrogen-bond acceptors (Lipinski definition) is 4. The van der Waals surface area contributed by atoms with Crippen LogP contribution < -0.4 is 9.05 Å². The van der Waals surface area contributed by atoms with Crippen molar-refractivity contribution < 1.29 is 18.5 Å². The van der Waals surface area contributed by atoms with Crippen LogP contribution in [-0.4, -0.2) is 9.88 Å². The van der Waals surface area contributed by atoms with E-state index < -0.39 is 7.82 Å². The first-order valence-corrected chi connectivity index (χ1v) is 15.1. The van der Waals surface area contributed by atoms with Crippen molar-refractivity contribution in [3.05, 3.63) is 77.1 Å². The fourth-order valence-corrected chi connectivity index (χ4v) is 5.29. The third-order valence-electron chi connectivity index (χ3n) is 6.80. The maximum Gasteiger partial charge on any atom is 0.584 e. The first kappa shape index (κ1) is 30.9. The lowest BCUT2D eigenvalue weighted by Crippen LogP contribution is -2.18. The van der Waals surface area contributed by atoms with E-state index in [0.29, 0.717) is 11.5 Å². The Balaban J connectivity index is 0.000000617. The second kappa shape index (κ2) is 10.4. The summed E-state index contributed by atoms with van der Waals surface area (Å²) in [6.45, 7) is 25.7. The number of pyridine rings is 1. The van der Waals surface area contributed by atoms with E-state index in [1.165, 1.54) is 0 Å². The maximum atomic E-state index is 13.2. The molecular weight excluding hydrogens is 505 g/mol. The van der Waals surface area contributed by atoms with Gasteiger partial charge < -0.3 is 9.05 Å². The smallest absolute Gasteiger partial charge is 0.394 e. The molecule has 0 atom stereocenters. The van der Waals surface area contributed by atoms with Crippen LogP contribution in [0, 0.1) is 0 Å². The van der Waals surface area contributed by atoms with Gasteiger partial charge in [0.25, 0.3) is 0 Å². The summed E-state index contributed by atoms with van der Waals surface area (Å²) in [6.07, 6.45) is 3.50. The molecule has 5 nitrogen and oxygen atoms in total. The molecule has 0 saturated carbocycles. The molecule has 1 aromatic heterocycles. The molecular formula is C33H46NO4P. The van der Waals surface area contributed by atoms with E-state index in [0.717, 1.165) is 33.4 Å². The van der Waals surface area contributed by atoms with Crippen LogP contribution in [0.3, 0.4) is 0 Å². The van der Waals surface area contributed by atoms with Gasteiger partial charge in [-0.3, -0.25) is 9.88 Å². The van der Waals surface area contributed by atoms with Gasteiger partial charge in [0, 0.05) is 34.6 Å². The van der Waals surface area contributed by atoms with Crippen molar-refractivity contribution in [2.45, 2.75) is 105 Å². The van der Waals surface area contributed by atoms with Crippen LogP contribution in [0.5, 0.6) is 11.5 Å². The van der Waals surface area contributed by atoms with Gasteiger partial charge in [0.15, 0.2) is 0 Å². The highest BCUT2D eigenvalue weighted by Crippen LogP contribution is 2.59. The molecule has 3 aromatic rings. The molecule has 4 rings (SSSR count). The minimum absolute atomic E-state index is 0.111. The van der Waals surface area contributed by atoms with Gasteiger partial charge in [-0.15, -0.1) is 0 Å². The second-order valence-corrected chi connectivity index (χ2v) is 15.8. The summed E-state index contributed by atoms with van der Waals surface area (Å²) in [7, 11) is -4.40. The number of aromatic nitrogens is 1. The largest absolute Gasteiger partial charge is 0.584 e. The first-order chi connectivity index (χ1) is 17.6. The zero-order chi connectivity index (χ0) is 29.6. The molecule has 1 aliphatic rings. The molecule has 6 heteroatoms. The van der Waals surface area contributed by atoms with Crippen LogP contribution in [0.25, 0.3) is 11.1 Å². The van der Waals surface area contributed by atoms with Crippen molar-refractivity contribution >= 4 is 7.82 Å². The van der Waals surface area contributed by atoms with Gasteiger partial charge in [0.1, 0.15) is 11.5 Å². The Morgan fingerprint density at radius 2 is 0.949 bits per heavy atom. The van der Waals surface area contributed by atoms with Crippen LogP contribution >= 0.6 is 7.82 Å². The number of nitrogens with zero attached hydrogens (tertiary/aromatic N) is 1. The summed E-state index contributed by atoms with van der Waals surface area (Å²) in [5, 5.41) is 0. The topological polar surface area (TPSA) is 68.7 Å². The molecule has 0 aliphatic carbocycles. The Morgan fingerprint density at radius 3 is 1.18 bits per heavy atom. The van der Waals surface area contributed by atoms with Gasteiger partial charge in [-0.05, 0) is 57.1 Å². The zero-order valence-electron chi connectivity index (χ0n) is 25.8. The third kappa shape index (κ3) is 7.32. The Labute approximate surface area is 235 Å². The lowest BCUT2D eigenvalue weighted by atomic mass is 9.75. The molecule has 0 bridgehead atoms. The molecule has 39 heavy (non-hydrogen) atoms. The average molecular weight is 552 g/mol. The van der Waals surface area contributed by atoms with Crippen LogP contribution in [0.2, 0.25) is 0 Å². The van der Waals surface area contributed by atoms with E-state index in [1.807, 2.05) is 18.2 Å². The van der Waals surface area contributed by atoms with Gasteiger partial charge in [-0.2, -0.15) is 0 Å². The lowest BCUT2D eigenvalue weighted by Gasteiger charge is -2.30. The second-order valence-electron chi connectivity index (χ2n) is 14.5. The van der Waals surface area contributed by atoms with Crippen LogP contribution in [0.15, 0.2) is 54.9 Å². The van der Waals surface area contributed by atoms with Gasteiger partial charge in [-0.25, -0.2) is 4.57 Å². The Hall–Kier alpha value is -2.62. The quantitative estimate of drug-likeness (QED) is 0.282. The highest BCUT2D eigenvalue weighted by atomic mass is 31.2. The summed E-state index contributed by atoms with van der Waals surface area (Å²) in [4.78, 5) is 14.6. The van der Waals surface area contributed by atoms with Crippen molar-refractivity contribution in [2.75, 3.05) is 0 Å². The van der Waals surface area contributed by atoms with E-state index in [4.69, 9.17) is 9.05 Å². The van der Waals surface area contributed by atoms with Gasteiger partial charge in [0.2, 0.25) is 0 Å². The SMILES string of the molecule is CC(C)(C)c1cc2c(c(C(C)(C)C)c1)OP(=O)(O)Oc1c-2cc(C(C)(C)C)cc1C(C)(C)C.c1ccncc1.